The van der Waals surface area contributed by atoms with Crippen LogP contribution in [0.5, 0.6) is 0 Å². The summed E-state index contributed by atoms with van der Waals surface area (Å²) in [4.78, 5) is 0. The molecule has 0 spiro atoms. The predicted molar refractivity (Wildman–Crippen MR) is 36.2 cm³/mol. The second kappa shape index (κ2) is 3.11. The highest BCUT2D eigenvalue weighted by molar-refractivity contribution is 4.82. The Kier molecular flexibility index (Phi) is 2.38. The minimum absolute atomic E-state index is 0.939. The minimum atomic E-state index is 0.939. The summed E-state index contributed by atoms with van der Waals surface area (Å²) in [6.07, 6.45) is 10.1. The lowest BCUT2D eigenvalue weighted by Crippen LogP contribution is -1.89. The smallest absolute Gasteiger partial charge is 0.0380 e. The van der Waals surface area contributed by atoms with Crippen LogP contribution in [0.1, 0.15) is 32.6 Å². The van der Waals surface area contributed by atoms with E-state index in [2.05, 4.69) is 19.8 Å². The Labute approximate surface area is 52.3 Å². The Morgan fingerprint density at radius 2 is 2.25 bits per heavy atom. The van der Waals surface area contributed by atoms with Crippen LogP contribution in [0.4, 0.5) is 0 Å². The lowest BCUT2D eigenvalue weighted by molar-refractivity contribution is 0.542. The van der Waals surface area contributed by atoms with E-state index in [1.807, 2.05) is 0 Å². The maximum atomic E-state index is 2.39. The first-order chi connectivity index (χ1) is 3.89. The van der Waals surface area contributed by atoms with E-state index in [-0.39, 0.29) is 0 Å². The molecule has 0 bridgehead atoms. The van der Waals surface area contributed by atoms with Crippen molar-refractivity contribution in [1.82, 2.24) is 0 Å². The van der Waals surface area contributed by atoms with Crippen molar-refractivity contribution >= 4 is 0 Å². The van der Waals surface area contributed by atoms with Gasteiger partial charge in [0.2, 0.25) is 0 Å². The number of hydrogen-bond acceptors (Lipinski definition) is 0. The highest BCUT2D eigenvalue weighted by atomic mass is 14.1. The Bertz CT molecular complexity index is 49.1. The molecule has 1 aliphatic carbocycles. The second-order valence-corrected chi connectivity index (χ2v) is 2.73. The standard InChI is InChI=1S/C8H14/c1-8-6-4-2-3-5-7-8/h2,5,8H,3-4,6-7H2,1H3. The van der Waals surface area contributed by atoms with E-state index in [1.165, 1.54) is 25.7 Å². The van der Waals surface area contributed by atoms with Gasteiger partial charge in [-0.2, -0.15) is 0 Å². The molecular weight excluding hydrogens is 96.1 g/mol. The molecule has 0 saturated heterocycles. The van der Waals surface area contributed by atoms with Crippen molar-refractivity contribution < 1.29 is 0 Å². The van der Waals surface area contributed by atoms with Gasteiger partial charge in [-0.15, -0.1) is 0 Å². The van der Waals surface area contributed by atoms with Crippen molar-refractivity contribution in [3.05, 3.63) is 12.8 Å². The second-order valence-electron chi connectivity index (χ2n) is 2.73. The molecule has 46 valence electrons. The fraction of sp³-hybridized carbons (Fsp3) is 0.750. The average Bonchev–Trinajstić information content (AvgIpc) is 1.94. The Morgan fingerprint density at radius 1 is 1.38 bits per heavy atom. The fourth-order valence-corrected chi connectivity index (χ4v) is 1.14. The van der Waals surface area contributed by atoms with E-state index in [0.29, 0.717) is 0 Å². The molecule has 1 aliphatic rings. The Hall–Kier alpha value is 0. The van der Waals surface area contributed by atoms with E-state index in [1.54, 1.807) is 0 Å². The Balaban J connectivity index is 2.17. The molecule has 0 aliphatic heterocycles. The summed E-state index contributed by atoms with van der Waals surface area (Å²) >= 11 is 0. The summed E-state index contributed by atoms with van der Waals surface area (Å²) in [5, 5.41) is 0. The third kappa shape index (κ3) is 1.85. The molecule has 2 radical (unpaired) electrons. The first kappa shape index (κ1) is 6.12. The maximum absolute atomic E-state index is 2.39. The van der Waals surface area contributed by atoms with Crippen molar-refractivity contribution in [2.75, 3.05) is 0 Å². The van der Waals surface area contributed by atoms with Crippen LogP contribution in [0.2, 0.25) is 0 Å². The van der Waals surface area contributed by atoms with Crippen LogP contribution in [0.15, 0.2) is 0 Å². The van der Waals surface area contributed by atoms with Crippen LogP contribution < -0.4 is 0 Å². The molecule has 1 atom stereocenters. The van der Waals surface area contributed by atoms with Crippen LogP contribution >= 0.6 is 0 Å². The zero-order chi connectivity index (χ0) is 5.82. The molecule has 1 unspecified atom stereocenters. The summed E-state index contributed by atoms with van der Waals surface area (Å²) in [7, 11) is 0. The summed E-state index contributed by atoms with van der Waals surface area (Å²) in [6.45, 7) is 2.33. The molecule has 1 fully saturated rings. The van der Waals surface area contributed by atoms with Gasteiger partial charge < -0.3 is 0 Å². The molecule has 0 aromatic heterocycles. The van der Waals surface area contributed by atoms with E-state index in [0.717, 1.165) is 5.92 Å². The maximum Gasteiger partial charge on any atom is -0.0380 e. The third-order valence-electron chi connectivity index (χ3n) is 1.77. The van der Waals surface area contributed by atoms with Crippen LogP contribution in [-0.4, -0.2) is 0 Å². The van der Waals surface area contributed by atoms with Crippen molar-refractivity contribution in [2.45, 2.75) is 32.6 Å². The van der Waals surface area contributed by atoms with Gasteiger partial charge in [0.1, 0.15) is 0 Å². The molecule has 0 heteroatoms. The van der Waals surface area contributed by atoms with Gasteiger partial charge in [-0.3, -0.25) is 0 Å². The number of rotatable bonds is 0. The van der Waals surface area contributed by atoms with Crippen molar-refractivity contribution in [3.63, 3.8) is 0 Å². The van der Waals surface area contributed by atoms with Gasteiger partial charge in [0, 0.05) is 0 Å². The van der Waals surface area contributed by atoms with Crippen LogP contribution in [-0.2, 0) is 0 Å². The normalized spacial score (nSPS) is 25.1. The van der Waals surface area contributed by atoms with E-state index in [9.17, 15) is 0 Å². The molecular formula is C8H14. The quantitative estimate of drug-likeness (QED) is 0.420. The summed E-state index contributed by atoms with van der Waals surface area (Å²) < 4.78 is 0. The fourth-order valence-electron chi connectivity index (χ4n) is 1.14. The topological polar surface area (TPSA) is 0 Å². The summed E-state index contributed by atoms with van der Waals surface area (Å²) in [5.41, 5.74) is 0. The van der Waals surface area contributed by atoms with Gasteiger partial charge in [0.15, 0.2) is 0 Å². The molecule has 0 amide bonds. The summed E-state index contributed by atoms with van der Waals surface area (Å²) in [5.74, 6) is 0.939. The summed E-state index contributed by atoms with van der Waals surface area (Å²) in [6, 6.07) is 0. The Morgan fingerprint density at radius 3 is 3.12 bits per heavy atom. The molecule has 0 aromatic carbocycles. The number of hydrogen-bond donors (Lipinski definition) is 0. The predicted octanol–water partition coefficient (Wildman–Crippen LogP) is 2.61. The molecule has 1 rings (SSSR count). The van der Waals surface area contributed by atoms with E-state index < -0.39 is 0 Å². The van der Waals surface area contributed by atoms with Gasteiger partial charge in [-0.1, -0.05) is 13.3 Å². The largest absolute Gasteiger partial charge is 0.0625 e. The lowest BCUT2D eigenvalue weighted by Gasteiger charge is -2.02. The molecule has 0 heterocycles. The van der Waals surface area contributed by atoms with Crippen LogP contribution in [0.3, 0.4) is 0 Å². The highest BCUT2D eigenvalue weighted by Crippen LogP contribution is 2.19. The third-order valence-corrected chi connectivity index (χ3v) is 1.77. The van der Waals surface area contributed by atoms with Crippen molar-refractivity contribution in [3.8, 4) is 0 Å². The molecule has 0 N–H and O–H groups in total. The van der Waals surface area contributed by atoms with Crippen molar-refractivity contribution in [2.24, 2.45) is 5.92 Å². The van der Waals surface area contributed by atoms with Crippen molar-refractivity contribution in [1.29, 1.82) is 0 Å². The molecule has 0 aromatic rings. The van der Waals surface area contributed by atoms with Gasteiger partial charge in [0.05, 0.1) is 0 Å². The SMILES string of the molecule is CC1C[CH]C[CH]CC1. The van der Waals surface area contributed by atoms with Crippen LogP contribution in [0, 0.1) is 18.8 Å². The van der Waals surface area contributed by atoms with E-state index in [4.69, 9.17) is 0 Å². The molecule has 1 saturated carbocycles. The molecule has 0 nitrogen and oxygen atoms in total. The van der Waals surface area contributed by atoms with Gasteiger partial charge >= 0.3 is 0 Å². The van der Waals surface area contributed by atoms with E-state index >= 15 is 0 Å². The average molecular weight is 110 g/mol. The molecule has 8 heavy (non-hydrogen) atoms. The monoisotopic (exact) mass is 110 g/mol. The zero-order valence-corrected chi connectivity index (χ0v) is 5.56. The van der Waals surface area contributed by atoms with Crippen LogP contribution in [0.25, 0.3) is 0 Å². The first-order valence-corrected chi connectivity index (χ1v) is 3.53. The first-order valence-electron chi connectivity index (χ1n) is 3.53. The van der Waals surface area contributed by atoms with Gasteiger partial charge in [0.25, 0.3) is 0 Å². The lowest BCUT2D eigenvalue weighted by atomic mass is 10.0. The van der Waals surface area contributed by atoms with Gasteiger partial charge in [-0.25, -0.2) is 0 Å². The minimum Gasteiger partial charge on any atom is -0.0625 e. The highest BCUT2D eigenvalue weighted by Gasteiger charge is 2.05. The van der Waals surface area contributed by atoms with Gasteiger partial charge in [-0.05, 0) is 38.0 Å². The zero-order valence-electron chi connectivity index (χ0n) is 5.56.